The summed E-state index contributed by atoms with van der Waals surface area (Å²) in [6, 6.07) is 13.2. The van der Waals surface area contributed by atoms with Crippen LogP contribution < -0.4 is 10.0 Å². The second-order valence-corrected chi connectivity index (χ2v) is 8.65. The number of benzene rings is 2. The van der Waals surface area contributed by atoms with Crippen molar-refractivity contribution in [1.29, 1.82) is 0 Å². The van der Waals surface area contributed by atoms with Gasteiger partial charge >= 0.3 is 0 Å². The summed E-state index contributed by atoms with van der Waals surface area (Å²) in [6.45, 7) is 3.44. The van der Waals surface area contributed by atoms with Gasteiger partial charge in [0.05, 0.1) is 10.6 Å². The molecule has 152 valence electrons. The first-order valence-corrected chi connectivity index (χ1v) is 10.7. The number of nitrogens with zero attached hydrogens (tertiary/aromatic N) is 1. The summed E-state index contributed by atoms with van der Waals surface area (Å²) in [5.41, 5.74) is 2.71. The van der Waals surface area contributed by atoms with Gasteiger partial charge in [0.1, 0.15) is 0 Å². The van der Waals surface area contributed by atoms with Crippen molar-refractivity contribution in [2.45, 2.75) is 31.6 Å². The Kier molecular flexibility index (Phi) is 6.24. The highest BCUT2D eigenvalue weighted by Gasteiger charge is 2.19. The molecule has 1 aromatic heterocycles. The van der Waals surface area contributed by atoms with Gasteiger partial charge in [-0.1, -0.05) is 28.9 Å². The third-order valence-corrected chi connectivity index (χ3v) is 5.94. The van der Waals surface area contributed by atoms with Crippen molar-refractivity contribution in [1.82, 2.24) is 5.16 Å². The molecule has 0 unspecified atom stereocenters. The van der Waals surface area contributed by atoms with E-state index in [1.54, 1.807) is 19.9 Å². The number of amides is 1. The lowest BCUT2D eigenvalue weighted by atomic mass is 10.1. The van der Waals surface area contributed by atoms with E-state index in [4.69, 9.17) is 16.1 Å². The van der Waals surface area contributed by atoms with Crippen molar-refractivity contribution in [2.24, 2.45) is 0 Å². The van der Waals surface area contributed by atoms with Crippen LogP contribution in [0.25, 0.3) is 0 Å². The first-order chi connectivity index (χ1) is 13.7. The molecule has 9 heteroatoms. The molecule has 29 heavy (non-hydrogen) atoms. The fourth-order valence-electron chi connectivity index (χ4n) is 2.58. The number of halogens is 1. The Morgan fingerprint density at radius 1 is 1.14 bits per heavy atom. The van der Waals surface area contributed by atoms with Gasteiger partial charge in [-0.25, -0.2) is 13.1 Å². The molecule has 1 amide bonds. The maximum Gasteiger partial charge on any atom is 0.264 e. The smallest absolute Gasteiger partial charge is 0.264 e. The van der Waals surface area contributed by atoms with E-state index in [2.05, 4.69) is 15.2 Å². The molecule has 0 fully saturated rings. The second kappa shape index (κ2) is 8.67. The summed E-state index contributed by atoms with van der Waals surface area (Å²) in [4.78, 5) is 12.2. The van der Waals surface area contributed by atoms with Gasteiger partial charge < -0.3 is 9.84 Å². The van der Waals surface area contributed by atoms with E-state index in [0.717, 1.165) is 5.56 Å². The number of carbonyl (C=O) groups excluding carboxylic acids is 1. The summed E-state index contributed by atoms with van der Waals surface area (Å²) in [7, 11) is -3.83. The van der Waals surface area contributed by atoms with E-state index in [9.17, 15) is 13.2 Å². The number of rotatable bonds is 7. The molecule has 0 aliphatic rings. The first kappa shape index (κ1) is 20.9. The molecule has 0 spiro atoms. The van der Waals surface area contributed by atoms with Gasteiger partial charge in [-0.3, -0.25) is 4.79 Å². The van der Waals surface area contributed by atoms with Crippen LogP contribution in [0.2, 0.25) is 5.02 Å². The molecule has 0 aliphatic heterocycles. The van der Waals surface area contributed by atoms with Crippen molar-refractivity contribution < 1.29 is 17.7 Å². The van der Waals surface area contributed by atoms with Gasteiger partial charge in [-0.15, -0.1) is 0 Å². The maximum atomic E-state index is 12.5. The molecule has 7 nitrogen and oxygen atoms in total. The van der Waals surface area contributed by atoms with Crippen LogP contribution in [-0.4, -0.2) is 19.5 Å². The Morgan fingerprint density at radius 3 is 2.48 bits per heavy atom. The third kappa shape index (κ3) is 5.36. The topological polar surface area (TPSA) is 101 Å². The highest BCUT2D eigenvalue weighted by Crippen LogP contribution is 2.22. The van der Waals surface area contributed by atoms with Crippen molar-refractivity contribution in [3.05, 3.63) is 70.4 Å². The zero-order valence-electron chi connectivity index (χ0n) is 15.9. The number of anilines is 2. The zero-order valence-corrected chi connectivity index (χ0v) is 17.5. The molecule has 3 rings (SSSR count). The summed E-state index contributed by atoms with van der Waals surface area (Å²) < 4.78 is 32.3. The number of aromatic nitrogens is 1. The van der Waals surface area contributed by atoms with Gasteiger partial charge in [0, 0.05) is 22.7 Å². The lowest BCUT2D eigenvalue weighted by Crippen LogP contribution is -2.14. The average molecular weight is 434 g/mol. The largest absolute Gasteiger partial charge is 0.337 e. The van der Waals surface area contributed by atoms with Crippen molar-refractivity contribution in [3.8, 4) is 0 Å². The molecule has 0 aliphatic carbocycles. The number of hydrogen-bond donors (Lipinski definition) is 2. The summed E-state index contributed by atoms with van der Waals surface area (Å²) >= 11 is 5.94. The fourth-order valence-corrected chi connectivity index (χ4v) is 3.84. The third-order valence-electron chi connectivity index (χ3n) is 4.36. The Morgan fingerprint density at radius 2 is 1.86 bits per heavy atom. The van der Waals surface area contributed by atoms with E-state index in [1.807, 2.05) is 18.2 Å². The van der Waals surface area contributed by atoms with Gasteiger partial charge in [0.2, 0.25) is 11.8 Å². The molecular weight excluding hydrogens is 414 g/mol. The number of hydrogen-bond acceptors (Lipinski definition) is 5. The number of aryl methyl sites for hydroxylation is 2. The molecule has 2 aromatic carbocycles. The van der Waals surface area contributed by atoms with E-state index in [-0.39, 0.29) is 23.1 Å². The minimum atomic E-state index is -3.83. The molecule has 0 atom stereocenters. The van der Waals surface area contributed by atoms with Crippen LogP contribution in [0.15, 0.2) is 57.9 Å². The Bertz CT molecular complexity index is 1120. The van der Waals surface area contributed by atoms with Gasteiger partial charge in [-0.05, 0) is 62.2 Å². The lowest BCUT2D eigenvalue weighted by molar-refractivity contribution is -0.116. The lowest BCUT2D eigenvalue weighted by Gasteiger charge is -2.08. The molecular formula is C20H20ClN3O4S. The second-order valence-electron chi connectivity index (χ2n) is 6.53. The van der Waals surface area contributed by atoms with E-state index in [1.165, 1.54) is 24.3 Å². The summed E-state index contributed by atoms with van der Waals surface area (Å²) in [5, 5.41) is 7.11. The quantitative estimate of drug-likeness (QED) is 0.577. The molecule has 0 saturated heterocycles. The normalized spacial score (nSPS) is 11.3. The predicted octanol–water partition coefficient (Wildman–Crippen LogP) is 4.32. The van der Waals surface area contributed by atoms with Crippen LogP contribution in [0.4, 0.5) is 11.6 Å². The highest BCUT2D eigenvalue weighted by molar-refractivity contribution is 7.92. The van der Waals surface area contributed by atoms with Gasteiger partial charge in [-0.2, -0.15) is 0 Å². The number of nitrogens with one attached hydrogen (secondary N) is 2. The van der Waals surface area contributed by atoms with E-state index >= 15 is 0 Å². The highest BCUT2D eigenvalue weighted by atomic mass is 35.5. The van der Waals surface area contributed by atoms with E-state index in [0.29, 0.717) is 28.4 Å². The van der Waals surface area contributed by atoms with Crippen LogP contribution in [-0.2, 0) is 21.2 Å². The van der Waals surface area contributed by atoms with Gasteiger partial charge in [0.25, 0.3) is 10.0 Å². The summed E-state index contributed by atoms with van der Waals surface area (Å²) in [6.07, 6.45) is 0.838. The van der Waals surface area contributed by atoms with Crippen molar-refractivity contribution in [3.63, 3.8) is 0 Å². The van der Waals surface area contributed by atoms with Crippen LogP contribution >= 0.6 is 11.6 Å². The number of carbonyl (C=O) groups is 1. The molecule has 0 radical (unpaired) electrons. The fraction of sp³-hybridized carbons (Fsp3) is 0.200. The zero-order chi connectivity index (χ0) is 21.0. The minimum Gasteiger partial charge on any atom is -0.337 e. The number of sulfonamides is 1. The first-order valence-electron chi connectivity index (χ1n) is 8.84. The average Bonchev–Trinajstić information content (AvgIpc) is 2.98. The Labute approximate surface area is 174 Å². The SMILES string of the molecule is Cc1noc(NS(=O)(=O)c2ccc(NC(=O)CCc3cccc(Cl)c3)cc2)c1C. The molecule has 0 bridgehead atoms. The Hall–Kier alpha value is -2.84. The minimum absolute atomic E-state index is 0.0443. The maximum absolute atomic E-state index is 12.5. The van der Waals surface area contributed by atoms with Crippen LogP contribution in [0.3, 0.4) is 0 Å². The monoisotopic (exact) mass is 433 g/mol. The Balaban J connectivity index is 1.60. The van der Waals surface area contributed by atoms with Crippen LogP contribution in [0, 0.1) is 13.8 Å². The van der Waals surface area contributed by atoms with E-state index < -0.39 is 10.0 Å². The predicted molar refractivity (Wildman–Crippen MR) is 112 cm³/mol. The van der Waals surface area contributed by atoms with Crippen LogP contribution in [0.1, 0.15) is 23.2 Å². The standard InChI is InChI=1S/C20H20ClN3O4S/c1-13-14(2)23-28-20(13)24-29(26,27)18-9-7-17(8-10-18)22-19(25)11-6-15-4-3-5-16(21)12-15/h3-5,7-10,12,24H,6,11H2,1-2H3,(H,22,25). The van der Waals surface area contributed by atoms with Gasteiger partial charge in [0.15, 0.2) is 0 Å². The van der Waals surface area contributed by atoms with Crippen molar-refractivity contribution in [2.75, 3.05) is 10.0 Å². The molecule has 2 N–H and O–H groups in total. The van der Waals surface area contributed by atoms with Crippen molar-refractivity contribution >= 4 is 39.1 Å². The molecule has 1 heterocycles. The molecule has 0 saturated carbocycles. The molecule has 3 aromatic rings. The van der Waals surface area contributed by atoms with Crippen LogP contribution in [0.5, 0.6) is 0 Å². The summed E-state index contributed by atoms with van der Waals surface area (Å²) in [5.74, 6) is -0.0904.